The third-order valence-corrected chi connectivity index (χ3v) is 8.70. The van der Waals surface area contributed by atoms with Crippen LogP contribution in [0.3, 0.4) is 0 Å². The highest BCUT2D eigenvalue weighted by molar-refractivity contribution is 7.89. The van der Waals surface area contributed by atoms with Gasteiger partial charge >= 0.3 is 5.97 Å². The van der Waals surface area contributed by atoms with Gasteiger partial charge in [0.1, 0.15) is 22.5 Å². The molecule has 2 atom stereocenters. The second kappa shape index (κ2) is 11.3. The molecule has 198 valence electrons. The molecule has 8 nitrogen and oxygen atoms in total. The van der Waals surface area contributed by atoms with Crippen molar-refractivity contribution in [1.29, 1.82) is 0 Å². The van der Waals surface area contributed by atoms with Gasteiger partial charge in [-0.05, 0) is 53.8 Å². The van der Waals surface area contributed by atoms with E-state index in [-0.39, 0.29) is 30.5 Å². The minimum absolute atomic E-state index is 0.121. The summed E-state index contributed by atoms with van der Waals surface area (Å²) in [7, 11) is -2.36. The quantitative estimate of drug-likeness (QED) is 0.382. The third kappa shape index (κ3) is 5.52. The number of sulfonamides is 1. The summed E-state index contributed by atoms with van der Waals surface area (Å²) in [5.74, 6) is -0.764. The van der Waals surface area contributed by atoms with Crippen LogP contribution < -0.4 is 9.47 Å². The highest BCUT2D eigenvalue weighted by Gasteiger charge is 2.34. The van der Waals surface area contributed by atoms with E-state index in [2.05, 4.69) is 4.85 Å². The minimum Gasteiger partial charge on any atom is -0.508 e. The summed E-state index contributed by atoms with van der Waals surface area (Å²) in [4.78, 5) is 15.4. The molecule has 9 heteroatoms. The lowest BCUT2D eigenvalue weighted by molar-refractivity contribution is -0.137. The van der Waals surface area contributed by atoms with Crippen LogP contribution in [-0.2, 0) is 21.4 Å². The van der Waals surface area contributed by atoms with E-state index in [4.69, 9.17) is 16.0 Å². The summed E-state index contributed by atoms with van der Waals surface area (Å²) >= 11 is 0. The molecule has 1 aliphatic rings. The van der Waals surface area contributed by atoms with E-state index in [1.165, 1.54) is 11.4 Å². The first kappa shape index (κ1) is 27.2. The number of aliphatic carboxylic acids is 1. The summed E-state index contributed by atoms with van der Waals surface area (Å²) in [6.07, 6.45) is 0.164. The van der Waals surface area contributed by atoms with E-state index >= 15 is 0 Å². The molecule has 1 aliphatic heterocycles. The van der Waals surface area contributed by atoms with Crippen molar-refractivity contribution in [3.8, 4) is 11.5 Å². The number of hydrogen-bond acceptors (Lipinski definition) is 5. The number of carboxylic acids is 1. The summed E-state index contributed by atoms with van der Waals surface area (Å²) in [5.41, 5.74) is 3.45. The molecule has 4 rings (SSSR count). The van der Waals surface area contributed by atoms with E-state index in [0.717, 1.165) is 16.7 Å². The SMILES string of the molecule is [C-]#[N+]c1ccc(C(CC(=O)O)c2ccc(C)c(CN3C[C@@H](CC)Oc4ccccc4S3(=O)=O)c2)cc1OC. The van der Waals surface area contributed by atoms with Gasteiger partial charge in [-0.1, -0.05) is 49.4 Å². The number of ether oxygens (including phenoxy) is 2. The average Bonchev–Trinajstić information content (AvgIpc) is 3.01. The van der Waals surface area contributed by atoms with Crippen LogP contribution in [0.5, 0.6) is 11.5 Å². The normalized spacial score (nSPS) is 17.4. The van der Waals surface area contributed by atoms with Crippen LogP contribution in [0.4, 0.5) is 5.69 Å². The molecule has 1 heterocycles. The molecule has 0 saturated carbocycles. The van der Waals surface area contributed by atoms with E-state index < -0.39 is 21.9 Å². The van der Waals surface area contributed by atoms with E-state index in [1.807, 2.05) is 32.0 Å². The number of fused-ring (bicyclic) bond motifs is 1. The van der Waals surface area contributed by atoms with Crippen molar-refractivity contribution in [2.24, 2.45) is 0 Å². The molecular formula is C29H30N2O6S. The molecule has 0 bridgehead atoms. The van der Waals surface area contributed by atoms with Gasteiger partial charge in [0.25, 0.3) is 0 Å². The lowest BCUT2D eigenvalue weighted by atomic mass is 9.86. The molecule has 3 aromatic rings. The van der Waals surface area contributed by atoms with Crippen LogP contribution in [0.25, 0.3) is 4.85 Å². The Bertz CT molecular complexity index is 1500. The molecule has 0 spiro atoms. The van der Waals surface area contributed by atoms with Gasteiger partial charge in [0.05, 0.1) is 26.6 Å². The average molecular weight is 535 g/mol. The van der Waals surface area contributed by atoms with Crippen molar-refractivity contribution in [2.75, 3.05) is 13.7 Å². The van der Waals surface area contributed by atoms with Crippen molar-refractivity contribution in [3.63, 3.8) is 0 Å². The zero-order chi connectivity index (χ0) is 27.4. The lowest BCUT2D eigenvalue weighted by Gasteiger charge is -2.24. The minimum atomic E-state index is -3.83. The third-order valence-electron chi connectivity index (χ3n) is 6.85. The second-order valence-corrected chi connectivity index (χ2v) is 11.2. The maximum atomic E-state index is 13.6. The number of methoxy groups -OCH3 is 1. The number of carbonyl (C=O) groups is 1. The Hall–Kier alpha value is -3.87. The van der Waals surface area contributed by atoms with Crippen LogP contribution in [-0.4, -0.2) is 43.6 Å². The molecule has 1 N–H and O–H groups in total. The Morgan fingerprint density at radius 3 is 2.58 bits per heavy atom. The van der Waals surface area contributed by atoms with E-state index in [1.54, 1.807) is 42.5 Å². The number of nitrogens with zero attached hydrogens (tertiary/aromatic N) is 2. The van der Waals surface area contributed by atoms with Crippen LogP contribution in [0.15, 0.2) is 65.6 Å². The fraction of sp³-hybridized carbons (Fsp3) is 0.310. The van der Waals surface area contributed by atoms with Crippen LogP contribution in [0, 0.1) is 13.5 Å². The summed E-state index contributed by atoms with van der Waals surface area (Å²) < 4.78 is 40.1. The van der Waals surface area contributed by atoms with Crippen molar-refractivity contribution >= 4 is 21.7 Å². The van der Waals surface area contributed by atoms with Crippen LogP contribution in [0.1, 0.15) is 47.9 Å². The number of rotatable bonds is 8. The van der Waals surface area contributed by atoms with Crippen LogP contribution >= 0.6 is 0 Å². The maximum absolute atomic E-state index is 13.6. The van der Waals surface area contributed by atoms with Crippen LogP contribution in [0.2, 0.25) is 0 Å². The Kier molecular flexibility index (Phi) is 8.05. The summed E-state index contributed by atoms with van der Waals surface area (Å²) in [6.45, 7) is 11.5. The standard InChI is InChI=1S/C29H30N2O6S/c1-5-23-18-31(38(34,35)28-9-7-6-8-26(28)37-23)17-22-14-20(11-10-19(22)2)24(16-29(32)33)21-12-13-25(30-3)27(15-21)36-4/h6-15,23-24H,5,16-18H2,1-2,4H3,(H,32,33)/t23-,24?/m1/s1. The van der Waals surface area contributed by atoms with Gasteiger partial charge in [-0.25, -0.2) is 13.3 Å². The molecule has 3 aromatic carbocycles. The fourth-order valence-corrected chi connectivity index (χ4v) is 6.25. The van der Waals surface area contributed by atoms with Gasteiger partial charge in [-0.3, -0.25) is 4.79 Å². The molecule has 0 amide bonds. The number of aryl methyl sites for hydroxylation is 1. The Labute approximate surface area is 223 Å². The van der Waals surface area contributed by atoms with Gasteiger partial charge in [0.15, 0.2) is 0 Å². The zero-order valence-electron chi connectivity index (χ0n) is 21.5. The predicted molar refractivity (Wildman–Crippen MR) is 143 cm³/mol. The van der Waals surface area contributed by atoms with Gasteiger partial charge < -0.3 is 14.6 Å². The molecule has 38 heavy (non-hydrogen) atoms. The van der Waals surface area contributed by atoms with Gasteiger partial charge in [-0.15, -0.1) is 0 Å². The van der Waals surface area contributed by atoms with Crippen molar-refractivity contribution in [2.45, 2.75) is 50.2 Å². The highest BCUT2D eigenvalue weighted by Crippen LogP contribution is 2.37. The van der Waals surface area contributed by atoms with Gasteiger partial charge in [-0.2, -0.15) is 4.31 Å². The zero-order valence-corrected chi connectivity index (χ0v) is 22.4. The molecule has 0 aliphatic carbocycles. The molecule has 0 aromatic heterocycles. The maximum Gasteiger partial charge on any atom is 0.304 e. The first-order valence-corrected chi connectivity index (χ1v) is 13.7. The number of hydrogen-bond donors (Lipinski definition) is 1. The van der Waals surface area contributed by atoms with Gasteiger partial charge in [0, 0.05) is 12.5 Å². The van der Waals surface area contributed by atoms with Gasteiger partial charge in [0.2, 0.25) is 15.7 Å². The monoisotopic (exact) mass is 534 g/mol. The summed E-state index contributed by atoms with van der Waals surface area (Å²) in [5, 5.41) is 9.69. The Morgan fingerprint density at radius 2 is 1.89 bits per heavy atom. The van der Waals surface area contributed by atoms with Crippen molar-refractivity contribution in [1.82, 2.24) is 4.31 Å². The first-order chi connectivity index (χ1) is 18.2. The highest BCUT2D eigenvalue weighted by atomic mass is 32.2. The second-order valence-electron chi connectivity index (χ2n) is 9.27. The van der Waals surface area contributed by atoms with Crippen molar-refractivity contribution < 1.29 is 27.8 Å². The topological polar surface area (TPSA) is 97.5 Å². The molecular weight excluding hydrogens is 504 g/mol. The Morgan fingerprint density at radius 1 is 1.18 bits per heavy atom. The lowest BCUT2D eigenvalue weighted by Crippen LogP contribution is -2.36. The number of carboxylic acid groups (broad SMARTS) is 1. The van der Waals surface area contributed by atoms with E-state index in [9.17, 15) is 18.3 Å². The molecule has 0 saturated heterocycles. The fourth-order valence-electron chi connectivity index (χ4n) is 4.68. The predicted octanol–water partition coefficient (Wildman–Crippen LogP) is 5.52. The number of benzene rings is 3. The van der Waals surface area contributed by atoms with E-state index in [0.29, 0.717) is 29.2 Å². The largest absolute Gasteiger partial charge is 0.508 e. The molecule has 0 fully saturated rings. The molecule has 1 unspecified atom stereocenters. The molecule has 0 radical (unpaired) electrons. The Balaban J connectivity index is 1.75. The van der Waals surface area contributed by atoms with Crippen molar-refractivity contribution in [3.05, 3.63) is 94.3 Å². The first-order valence-electron chi connectivity index (χ1n) is 12.3. The smallest absolute Gasteiger partial charge is 0.304 e. The number of para-hydroxylation sites is 1. The summed E-state index contributed by atoms with van der Waals surface area (Å²) in [6, 6.07) is 17.4.